The van der Waals surface area contributed by atoms with Crippen LogP contribution in [-0.2, 0) is 37.8 Å². The SMILES string of the molecule is Cn1c(CCc2ccc(CN)cc2)nc2cc(N(Cc3cccc([N+](=O)[O-])c3)C(=O)CN3CCC(Nc4ccccn4)CC3)ccc21. The summed E-state index contributed by atoms with van der Waals surface area (Å²) in [4.78, 5) is 38.3. The molecule has 11 heteroatoms. The van der Waals surface area contributed by atoms with Gasteiger partial charge >= 0.3 is 0 Å². The third-order valence-electron chi connectivity index (χ3n) is 8.89. The van der Waals surface area contributed by atoms with E-state index in [1.807, 2.05) is 49.5 Å². The van der Waals surface area contributed by atoms with Gasteiger partial charge < -0.3 is 20.5 Å². The van der Waals surface area contributed by atoms with Crippen LogP contribution in [0.5, 0.6) is 0 Å². The van der Waals surface area contributed by atoms with Crippen LogP contribution < -0.4 is 16.0 Å². The van der Waals surface area contributed by atoms with Gasteiger partial charge in [0, 0.05) is 63.2 Å². The molecule has 0 radical (unpaired) electrons. The third-order valence-corrected chi connectivity index (χ3v) is 8.89. The van der Waals surface area contributed by atoms with Crippen molar-refractivity contribution in [2.24, 2.45) is 12.8 Å². The Bertz CT molecular complexity index is 1830. The van der Waals surface area contributed by atoms with Gasteiger partial charge in [-0.25, -0.2) is 9.97 Å². The minimum Gasteiger partial charge on any atom is -0.367 e. The quantitative estimate of drug-likeness (QED) is 0.141. The molecule has 1 saturated heterocycles. The molecule has 2 aromatic heterocycles. The molecule has 0 spiro atoms. The minimum atomic E-state index is -0.410. The van der Waals surface area contributed by atoms with Gasteiger partial charge in [0.2, 0.25) is 5.91 Å². The third kappa shape index (κ3) is 7.82. The van der Waals surface area contributed by atoms with E-state index in [0.29, 0.717) is 23.8 Å². The van der Waals surface area contributed by atoms with E-state index < -0.39 is 4.92 Å². The number of nitro groups is 1. The molecule has 5 aromatic rings. The van der Waals surface area contributed by atoms with E-state index in [-0.39, 0.29) is 24.7 Å². The van der Waals surface area contributed by atoms with Crippen molar-refractivity contribution >= 4 is 34.1 Å². The molecule has 1 amide bonds. The van der Waals surface area contributed by atoms with Crippen molar-refractivity contribution in [3.8, 4) is 0 Å². The number of aromatic nitrogens is 3. The molecule has 3 N–H and O–H groups in total. The molecular formula is C36H40N8O3. The average Bonchev–Trinajstić information content (AvgIpc) is 3.42. The Hall–Kier alpha value is -5.13. The number of benzene rings is 3. The first-order valence-corrected chi connectivity index (χ1v) is 16.0. The zero-order chi connectivity index (χ0) is 32.8. The molecule has 242 valence electrons. The molecule has 3 heterocycles. The summed E-state index contributed by atoms with van der Waals surface area (Å²) in [5.74, 6) is 1.75. The fourth-order valence-corrected chi connectivity index (χ4v) is 6.17. The number of nitrogens with zero attached hydrogens (tertiary/aromatic N) is 6. The maximum Gasteiger partial charge on any atom is 0.269 e. The fraction of sp³-hybridized carbons (Fsp3) is 0.306. The number of nitro benzene ring substituents is 1. The van der Waals surface area contributed by atoms with E-state index in [1.54, 1.807) is 17.2 Å². The Morgan fingerprint density at radius 3 is 2.49 bits per heavy atom. The van der Waals surface area contributed by atoms with Crippen LogP contribution in [0.2, 0.25) is 0 Å². The Morgan fingerprint density at radius 1 is 0.979 bits per heavy atom. The van der Waals surface area contributed by atoms with Crippen LogP contribution in [0.1, 0.15) is 35.4 Å². The lowest BCUT2D eigenvalue weighted by atomic mass is 10.0. The first-order valence-electron chi connectivity index (χ1n) is 16.0. The number of imidazole rings is 1. The summed E-state index contributed by atoms with van der Waals surface area (Å²) in [7, 11) is 2.01. The molecule has 0 atom stereocenters. The van der Waals surface area contributed by atoms with Crippen molar-refractivity contribution in [2.45, 2.75) is 44.8 Å². The summed E-state index contributed by atoms with van der Waals surface area (Å²) in [6.45, 7) is 2.54. The van der Waals surface area contributed by atoms with E-state index in [2.05, 4.69) is 44.0 Å². The van der Waals surface area contributed by atoms with Gasteiger partial charge in [-0.2, -0.15) is 0 Å². The average molecular weight is 633 g/mol. The lowest BCUT2D eigenvalue weighted by molar-refractivity contribution is -0.384. The van der Waals surface area contributed by atoms with Crippen LogP contribution in [-0.4, -0.2) is 55.9 Å². The molecule has 3 aromatic carbocycles. The van der Waals surface area contributed by atoms with E-state index in [1.165, 1.54) is 17.7 Å². The number of hydrogen-bond donors (Lipinski definition) is 2. The van der Waals surface area contributed by atoms with Crippen LogP contribution in [0.4, 0.5) is 17.2 Å². The second-order valence-electron chi connectivity index (χ2n) is 12.1. The standard InChI is InChI=1S/C36H40N8O3/c1-41-33-14-13-30(22-32(33)40-35(41)15-12-26-8-10-27(23-37)11-9-26)43(24-28-5-4-6-31(21-28)44(46)47)36(45)25-42-19-16-29(17-20-42)39-34-7-2-3-18-38-34/h2-11,13-14,18,21-22,29H,12,15-17,19-20,23-25,37H2,1H3,(H,38,39). The van der Waals surface area contributed by atoms with E-state index in [9.17, 15) is 14.9 Å². The van der Waals surface area contributed by atoms with E-state index >= 15 is 0 Å². The molecule has 0 bridgehead atoms. The maximum atomic E-state index is 14.0. The Kier molecular flexibility index (Phi) is 9.84. The summed E-state index contributed by atoms with van der Waals surface area (Å²) >= 11 is 0. The molecule has 47 heavy (non-hydrogen) atoms. The molecule has 11 nitrogen and oxygen atoms in total. The highest BCUT2D eigenvalue weighted by molar-refractivity contribution is 5.96. The second-order valence-corrected chi connectivity index (χ2v) is 12.1. The highest BCUT2D eigenvalue weighted by Gasteiger charge is 2.25. The predicted octanol–water partition coefficient (Wildman–Crippen LogP) is 5.23. The first-order chi connectivity index (χ1) is 22.9. The molecule has 6 rings (SSSR count). The number of nitrogens with two attached hydrogens (primary N) is 1. The van der Waals surface area contributed by atoms with Crippen molar-refractivity contribution in [3.05, 3.63) is 124 Å². The zero-order valence-corrected chi connectivity index (χ0v) is 26.6. The van der Waals surface area contributed by atoms with Gasteiger partial charge in [0.05, 0.1) is 29.0 Å². The van der Waals surface area contributed by atoms with E-state index in [0.717, 1.165) is 67.0 Å². The van der Waals surface area contributed by atoms with Gasteiger partial charge in [0.25, 0.3) is 5.69 Å². The van der Waals surface area contributed by atoms with Gasteiger partial charge in [-0.1, -0.05) is 42.5 Å². The Morgan fingerprint density at radius 2 is 1.77 bits per heavy atom. The summed E-state index contributed by atoms with van der Waals surface area (Å²) in [5.41, 5.74) is 11.3. The number of nitrogens with one attached hydrogen (secondary N) is 1. The van der Waals surface area contributed by atoms with E-state index in [4.69, 9.17) is 10.7 Å². The van der Waals surface area contributed by atoms with Gasteiger partial charge in [-0.05, 0) is 66.3 Å². The molecule has 1 aliphatic heterocycles. The van der Waals surface area contributed by atoms with Crippen molar-refractivity contribution < 1.29 is 9.72 Å². The summed E-state index contributed by atoms with van der Waals surface area (Å²) in [6.07, 6.45) is 5.19. The number of fused-ring (bicyclic) bond motifs is 1. The predicted molar refractivity (Wildman–Crippen MR) is 184 cm³/mol. The Labute approximate surface area is 274 Å². The summed E-state index contributed by atoms with van der Waals surface area (Å²) < 4.78 is 2.10. The number of pyridine rings is 1. The van der Waals surface area contributed by atoms with Crippen LogP contribution in [0.25, 0.3) is 11.0 Å². The highest BCUT2D eigenvalue weighted by Crippen LogP contribution is 2.26. The maximum absolute atomic E-state index is 14.0. The van der Waals surface area contributed by atoms with Gasteiger partial charge in [0.1, 0.15) is 11.6 Å². The molecule has 1 fully saturated rings. The Balaban J connectivity index is 1.19. The molecule has 0 aliphatic carbocycles. The van der Waals surface area contributed by atoms with Crippen molar-refractivity contribution in [1.82, 2.24) is 19.4 Å². The van der Waals surface area contributed by atoms with Crippen LogP contribution in [0.15, 0.2) is 91.1 Å². The zero-order valence-electron chi connectivity index (χ0n) is 26.6. The number of rotatable bonds is 12. The van der Waals surface area contributed by atoms with Crippen molar-refractivity contribution in [1.29, 1.82) is 0 Å². The number of amides is 1. The smallest absolute Gasteiger partial charge is 0.269 e. The lowest BCUT2D eigenvalue weighted by Crippen LogP contribution is -2.45. The number of aryl methyl sites for hydroxylation is 3. The molecule has 0 unspecified atom stereocenters. The molecular weight excluding hydrogens is 592 g/mol. The number of carbonyl (C=O) groups is 1. The van der Waals surface area contributed by atoms with Gasteiger partial charge in [-0.3, -0.25) is 19.8 Å². The van der Waals surface area contributed by atoms with Crippen molar-refractivity contribution in [3.63, 3.8) is 0 Å². The van der Waals surface area contributed by atoms with Crippen LogP contribution >= 0.6 is 0 Å². The monoisotopic (exact) mass is 632 g/mol. The topological polar surface area (TPSA) is 135 Å². The van der Waals surface area contributed by atoms with Crippen LogP contribution in [0, 0.1) is 10.1 Å². The first kappa shape index (κ1) is 31.8. The summed E-state index contributed by atoms with van der Waals surface area (Å²) in [6, 6.07) is 26.8. The molecule has 0 saturated carbocycles. The highest BCUT2D eigenvalue weighted by atomic mass is 16.6. The second kappa shape index (κ2) is 14.5. The minimum absolute atomic E-state index is 0.000125. The van der Waals surface area contributed by atoms with Crippen LogP contribution in [0.3, 0.4) is 0 Å². The van der Waals surface area contributed by atoms with Crippen molar-refractivity contribution in [2.75, 3.05) is 29.9 Å². The fourth-order valence-electron chi connectivity index (χ4n) is 6.17. The number of carbonyl (C=O) groups excluding carboxylic acids is 1. The number of non-ortho nitro benzene ring substituents is 1. The van der Waals surface area contributed by atoms with Gasteiger partial charge in [-0.15, -0.1) is 0 Å². The largest absolute Gasteiger partial charge is 0.367 e. The summed E-state index contributed by atoms with van der Waals surface area (Å²) in [5, 5.41) is 15.0. The normalized spacial score (nSPS) is 13.9. The number of piperidine rings is 1. The van der Waals surface area contributed by atoms with Gasteiger partial charge in [0.15, 0.2) is 0 Å². The lowest BCUT2D eigenvalue weighted by Gasteiger charge is -2.33. The molecule has 1 aliphatic rings. The number of likely N-dealkylation sites (tertiary alicyclic amines) is 1. The number of hydrogen-bond acceptors (Lipinski definition) is 8. The number of anilines is 2.